The highest BCUT2D eigenvalue weighted by Crippen LogP contribution is 2.21. The van der Waals surface area contributed by atoms with Crippen molar-refractivity contribution in [3.63, 3.8) is 0 Å². The predicted octanol–water partition coefficient (Wildman–Crippen LogP) is 2.14. The minimum absolute atomic E-state index is 0.290. The highest BCUT2D eigenvalue weighted by Gasteiger charge is 2.22. The van der Waals surface area contributed by atoms with Gasteiger partial charge in [0.1, 0.15) is 6.04 Å². The summed E-state index contributed by atoms with van der Waals surface area (Å²) in [6.07, 6.45) is 6.11. The Hall–Kier alpha value is -1.35. The van der Waals surface area contributed by atoms with E-state index < -0.39 is 0 Å². The molecule has 92 valence electrons. The first-order chi connectivity index (χ1) is 8.27. The molecule has 0 unspecified atom stereocenters. The number of primary amides is 1. The molecule has 3 nitrogen and oxygen atoms in total. The van der Waals surface area contributed by atoms with E-state index in [-0.39, 0.29) is 11.9 Å². The molecule has 0 aliphatic heterocycles. The van der Waals surface area contributed by atoms with Crippen molar-refractivity contribution in [3.8, 4) is 0 Å². The molecule has 0 heterocycles. The maximum absolute atomic E-state index is 11.5. The van der Waals surface area contributed by atoms with Gasteiger partial charge in [0.05, 0.1) is 0 Å². The van der Waals surface area contributed by atoms with Crippen LogP contribution in [0.3, 0.4) is 0 Å². The van der Waals surface area contributed by atoms with E-state index in [4.69, 9.17) is 5.73 Å². The van der Waals surface area contributed by atoms with Gasteiger partial charge in [-0.2, -0.15) is 0 Å². The van der Waals surface area contributed by atoms with Crippen LogP contribution in [-0.4, -0.2) is 11.9 Å². The lowest BCUT2D eigenvalue weighted by molar-refractivity contribution is -0.120. The monoisotopic (exact) mass is 232 g/mol. The van der Waals surface area contributed by atoms with Gasteiger partial charge in [-0.25, -0.2) is 0 Å². The smallest absolute Gasteiger partial charge is 0.239 e. The van der Waals surface area contributed by atoms with Gasteiger partial charge < -0.3 is 5.73 Å². The van der Waals surface area contributed by atoms with E-state index in [1.54, 1.807) is 0 Å². The van der Waals surface area contributed by atoms with Crippen LogP contribution in [0.1, 0.15) is 43.7 Å². The SMILES string of the molecule is NC(=O)[C@@H](NC1CCCCC1)c1ccccc1. The van der Waals surface area contributed by atoms with Gasteiger partial charge in [-0.3, -0.25) is 10.1 Å². The maximum Gasteiger partial charge on any atom is 0.239 e. The summed E-state index contributed by atoms with van der Waals surface area (Å²) in [4.78, 5) is 11.5. The molecule has 1 aliphatic carbocycles. The number of amides is 1. The van der Waals surface area contributed by atoms with Crippen LogP contribution in [0.5, 0.6) is 0 Å². The molecule has 0 bridgehead atoms. The van der Waals surface area contributed by atoms with Gasteiger partial charge in [-0.15, -0.1) is 0 Å². The predicted molar refractivity (Wildman–Crippen MR) is 68.4 cm³/mol. The zero-order chi connectivity index (χ0) is 12.1. The molecular weight excluding hydrogens is 212 g/mol. The van der Waals surface area contributed by atoms with Gasteiger partial charge in [-0.1, -0.05) is 49.6 Å². The molecule has 1 atom stereocenters. The van der Waals surface area contributed by atoms with Crippen LogP contribution in [0.2, 0.25) is 0 Å². The Bertz CT molecular complexity index is 358. The second kappa shape index (κ2) is 5.82. The molecule has 1 aliphatic rings. The van der Waals surface area contributed by atoms with Crippen molar-refractivity contribution in [1.29, 1.82) is 0 Å². The summed E-state index contributed by atoms with van der Waals surface area (Å²) in [7, 11) is 0. The highest BCUT2D eigenvalue weighted by atomic mass is 16.1. The minimum atomic E-state index is -0.348. The van der Waals surface area contributed by atoms with Crippen LogP contribution in [0.15, 0.2) is 30.3 Å². The van der Waals surface area contributed by atoms with Crippen molar-refractivity contribution in [2.75, 3.05) is 0 Å². The molecule has 1 aromatic rings. The fraction of sp³-hybridized carbons (Fsp3) is 0.500. The van der Waals surface area contributed by atoms with Crippen LogP contribution in [-0.2, 0) is 4.79 Å². The fourth-order valence-electron chi connectivity index (χ4n) is 2.49. The van der Waals surface area contributed by atoms with Crippen molar-refractivity contribution in [1.82, 2.24) is 5.32 Å². The van der Waals surface area contributed by atoms with Crippen molar-refractivity contribution < 1.29 is 4.79 Å². The number of hydrogen-bond acceptors (Lipinski definition) is 2. The molecule has 2 rings (SSSR count). The summed E-state index contributed by atoms with van der Waals surface area (Å²) < 4.78 is 0. The van der Waals surface area contributed by atoms with Gasteiger partial charge in [0.25, 0.3) is 0 Å². The van der Waals surface area contributed by atoms with Crippen molar-refractivity contribution >= 4 is 5.91 Å². The Labute approximate surface area is 102 Å². The molecule has 1 amide bonds. The van der Waals surface area contributed by atoms with E-state index in [2.05, 4.69) is 5.32 Å². The molecule has 3 heteroatoms. The standard InChI is InChI=1S/C14H20N2O/c15-14(17)13(11-7-3-1-4-8-11)16-12-9-5-2-6-10-12/h1,3-4,7-8,12-13,16H,2,5-6,9-10H2,(H2,15,17)/t13-/m0/s1. The van der Waals surface area contributed by atoms with Crippen LogP contribution in [0.25, 0.3) is 0 Å². The lowest BCUT2D eigenvalue weighted by Gasteiger charge is -2.27. The third-order valence-electron chi connectivity index (χ3n) is 3.42. The third-order valence-corrected chi connectivity index (χ3v) is 3.42. The molecule has 1 aromatic carbocycles. The van der Waals surface area contributed by atoms with Gasteiger partial charge in [0.15, 0.2) is 0 Å². The molecule has 3 N–H and O–H groups in total. The second-order valence-corrected chi connectivity index (χ2v) is 4.75. The first-order valence-corrected chi connectivity index (χ1v) is 6.37. The summed E-state index contributed by atoms with van der Waals surface area (Å²) in [6.45, 7) is 0. The number of nitrogens with two attached hydrogens (primary N) is 1. The minimum Gasteiger partial charge on any atom is -0.368 e. The highest BCUT2D eigenvalue weighted by molar-refractivity contribution is 5.81. The van der Waals surface area contributed by atoms with Crippen molar-refractivity contribution in [2.45, 2.75) is 44.2 Å². The van der Waals surface area contributed by atoms with E-state index in [0.717, 1.165) is 18.4 Å². The van der Waals surface area contributed by atoms with Gasteiger partial charge in [0.2, 0.25) is 5.91 Å². The molecular formula is C14H20N2O. The van der Waals surface area contributed by atoms with E-state index in [1.807, 2.05) is 30.3 Å². The third kappa shape index (κ3) is 3.30. The lowest BCUT2D eigenvalue weighted by Crippen LogP contribution is -2.40. The second-order valence-electron chi connectivity index (χ2n) is 4.75. The Kier molecular flexibility index (Phi) is 4.15. The van der Waals surface area contributed by atoms with Gasteiger partial charge in [-0.05, 0) is 18.4 Å². The molecule has 1 saturated carbocycles. The molecule has 0 spiro atoms. The maximum atomic E-state index is 11.5. The Morgan fingerprint density at radius 1 is 1.18 bits per heavy atom. The summed E-state index contributed by atoms with van der Waals surface area (Å²) in [5.41, 5.74) is 6.45. The first kappa shape index (κ1) is 12.1. The van der Waals surface area contributed by atoms with Gasteiger partial charge >= 0.3 is 0 Å². The zero-order valence-corrected chi connectivity index (χ0v) is 10.1. The van der Waals surface area contributed by atoms with Crippen molar-refractivity contribution in [3.05, 3.63) is 35.9 Å². The molecule has 0 saturated heterocycles. The average molecular weight is 232 g/mol. The number of carbonyl (C=O) groups is 1. The Morgan fingerprint density at radius 3 is 2.41 bits per heavy atom. The zero-order valence-electron chi connectivity index (χ0n) is 10.1. The summed E-state index contributed by atoms with van der Waals surface area (Å²) in [5.74, 6) is -0.290. The van der Waals surface area contributed by atoms with E-state index in [1.165, 1.54) is 19.3 Å². The van der Waals surface area contributed by atoms with Crippen molar-refractivity contribution in [2.24, 2.45) is 5.73 Å². The van der Waals surface area contributed by atoms with Crippen LogP contribution in [0, 0.1) is 0 Å². The lowest BCUT2D eigenvalue weighted by atomic mass is 9.94. The van der Waals surface area contributed by atoms with Crippen LogP contribution < -0.4 is 11.1 Å². The Balaban J connectivity index is 2.05. The number of nitrogens with one attached hydrogen (secondary N) is 1. The fourth-order valence-corrected chi connectivity index (χ4v) is 2.49. The number of carbonyl (C=O) groups excluding carboxylic acids is 1. The summed E-state index contributed by atoms with van der Waals surface area (Å²) in [5, 5.41) is 3.40. The molecule has 0 aromatic heterocycles. The quantitative estimate of drug-likeness (QED) is 0.835. The summed E-state index contributed by atoms with van der Waals surface area (Å²) >= 11 is 0. The Morgan fingerprint density at radius 2 is 1.82 bits per heavy atom. The molecule has 1 fully saturated rings. The number of benzene rings is 1. The normalized spacial score (nSPS) is 18.8. The topological polar surface area (TPSA) is 55.1 Å². The van der Waals surface area contributed by atoms with E-state index >= 15 is 0 Å². The van der Waals surface area contributed by atoms with E-state index in [0.29, 0.717) is 6.04 Å². The van der Waals surface area contributed by atoms with E-state index in [9.17, 15) is 4.79 Å². The van der Waals surface area contributed by atoms with Gasteiger partial charge in [0, 0.05) is 6.04 Å². The van der Waals surface area contributed by atoms with Crippen LogP contribution in [0.4, 0.5) is 0 Å². The largest absolute Gasteiger partial charge is 0.368 e. The average Bonchev–Trinajstić information content (AvgIpc) is 2.38. The molecule has 17 heavy (non-hydrogen) atoms. The first-order valence-electron chi connectivity index (χ1n) is 6.37. The number of hydrogen-bond donors (Lipinski definition) is 2. The summed E-state index contributed by atoms with van der Waals surface area (Å²) in [6, 6.07) is 9.81. The van der Waals surface area contributed by atoms with Crippen LogP contribution >= 0.6 is 0 Å². The molecule has 0 radical (unpaired) electrons. The number of rotatable bonds is 4.